The molecule has 2 unspecified atom stereocenters. The molecule has 11 heavy (non-hydrogen) atoms. The molecule has 1 rings (SSSR count). The van der Waals surface area contributed by atoms with Gasteiger partial charge in [0.2, 0.25) is 0 Å². The Morgan fingerprint density at radius 1 is 1.64 bits per heavy atom. The smallest absolute Gasteiger partial charge is 0.0512 e. The molecule has 1 radical (unpaired) electrons. The highest BCUT2D eigenvalue weighted by Gasteiger charge is 2.13. The quantitative estimate of drug-likeness (QED) is 0.664. The van der Waals surface area contributed by atoms with Crippen molar-refractivity contribution in [3.63, 3.8) is 0 Å². The molecule has 1 aliphatic carbocycles. The Kier molecular flexibility index (Phi) is 3.92. The molecule has 0 amide bonds. The van der Waals surface area contributed by atoms with Crippen LogP contribution in [0.3, 0.4) is 0 Å². The number of aliphatic hydroxyl groups excluding tert-OH is 1. The van der Waals surface area contributed by atoms with Crippen LogP contribution in [0.1, 0.15) is 45.4 Å². The van der Waals surface area contributed by atoms with E-state index in [1.807, 2.05) is 6.92 Å². The Balaban J connectivity index is 2.05. The lowest BCUT2D eigenvalue weighted by molar-refractivity contribution is 0.170. The first-order valence-corrected chi connectivity index (χ1v) is 4.79. The van der Waals surface area contributed by atoms with E-state index in [0.717, 1.165) is 12.3 Å². The molecule has 65 valence electrons. The lowest BCUT2D eigenvalue weighted by Crippen LogP contribution is -2.09. The minimum absolute atomic E-state index is 0.100. The van der Waals surface area contributed by atoms with Gasteiger partial charge in [-0.15, -0.1) is 0 Å². The topological polar surface area (TPSA) is 20.2 Å². The highest BCUT2D eigenvalue weighted by molar-refractivity contribution is 4.77. The average Bonchev–Trinajstić information content (AvgIpc) is 2.03. The maximum atomic E-state index is 9.07. The van der Waals surface area contributed by atoms with E-state index < -0.39 is 0 Å². The Morgan fingerprint density at radius 2 is 2.45 bits per heavy atom. The summed E-state index contributed by atoms with van der Waals surface area (Å²) in [5.41, 5.74) is 0. The summed E-state index contributed by atoms with van der Waals surface area (Å²) in [6.07, 6.45) is 9.84. The van der Waals surface area contributed by atoms with Crippen molar-refractivity contribution >= 4 is 0 Å². The van der Waals surface area contributed by atoms with Crippen LogP contribution in [0, 0.1) is 12.3 Å². The third-order valence-electron chi connectivity index (χ3n) is 2.51. The van der Waals surface area contributed by atoms with Gasteiger partial charge in [0.25, 0.3) is 0 Å². The minimum atomic E-state index is -0.100. The SMILES string of the molecule is CC(O)CCC1C[CH]CCC1. The molecule has 1 saturated carbocycles. The molecular weight excluding hydrogens is 136 g/mol. The average molecular weight is 155 g/mol. The zero-order valence-electron chi connectivity index (χ0n) is 7.42. The highest BCUT2D eigenvalue weighted by Crippen LogP contribution is 2.26. The number of hydrogen-bond donors (Lipinski definition) is 1. The lowest BCUT2D eigenvalue weighted by atomic mass is 9.85. The third kappa shape index (κ3) is 3.76. The molecule has 0 aliphatic heterocycles. The van der Waals surface area contributed by atoms with Crippen molar-refractivity contribution in [3.05, 3.63) is 6.42 Å². The second-order valence-electron chi connectivity index (χ2n) is 3.75. The summed E-state index contributed by atoms with van der Waals surface area (Å²) >= 11 is 0. The Morgan fingerprint density at radius 3 is 3.00 bits per heavy atom. The molecule has 0 aromatic rings. The largest absolute Gasteiger partial charge is 0.393 e. The van der Waals surface area contributed by atoms with Gasteiger partial charge >= 0.3 is 0 Å². The maximum absolute atomic E-state index is 9.07. The van der Waals surface area contributed by atoms with Crippen LogP contribution in [0.15, 0.2) is 0 Å². The van der Waals surface area contributed by atoms with Gasteiger partial charge in [-0.1, -0.05) is 19.3 Å². The fraction of sp³-hybridized carbons (Fsp3) is 0.900. The van der Waals surface area contributed by atoms with E-state index in [1.54, 1.807) is 0 Å². The zero-order chi connectivity index (χ0) is 8.10. The Bertz CT molecular complexity index is 93.0. The number of rotatable bonds is 3. The van der Waals surface area contributed by atoms with Crippen LogP contribution < -0.4 is 0 Å². The van der Waals surface area contributed by atoms with Crippen LogP contribution in [-0.4, -0.2) is 11.2 Å². The van der Waals surface area contributed by atoms with Gasteiger partial charge in [-0.05, 0) is 38.5 Å². The Labute approximate surface area is 69.8 Å². The summed E-state index contributed by atoms with van der Waals surface area (Å²) in [6, 6.07) is 0. The number of aliphatic hydroxyl groups is 1. The highest BCUT2D eigenvalue weighted by atomic mass is 16.3. The fourth-order valence-electron chi connectivity index (χ4n) is 1.76. The maximum Gasteiger partial charge on any atom is 0.0512 e. The van der Waals surface area contributed by atoms with Gasteiger partial charge < -0.3 is 5.11 Å². The van der Waals surface area contributed by atoms with E-state index in [0.29, 0.717) is 0 Å². The molecule has 0 heterocycles. The molecule has 1 nitrogen and oxygen atoms in total. The number of hydrogen-bond acceptors (Lipinski definition) is 1. The summed E-state index contributed by atoms with van der Waals surface area (Å²) in [5, 5.41) is 9.07. The monoisotopic (exact) mass is 155 g/mol. The molecular formula is C10H19O. The zero-order valence-corrected chi connectivity index (χ0v) is 7.42. The summed E-state index contributed by atoms with van der Waals surface area (Å²) in [4.78, 5) is 0. The van der Waals surface area contributed by atoms with Crippen LogP contribution in [0.2, 0.25) is 0 Å². The van der Waals surface area contributed by atoms with Gasteiger partial charge in [0.1, 0.15) is 0 Å². The molecule has 0 spiro atoms. The first kappa shape index (κ1) is 9.05. The van der Waals surface area contributed by atoms with E-state index in [9.17, 15) is 0 Å². The van der Waals surface area contributed by atoms with Crippen molar-refractivity contribution in [2.45, 2.75) is 51.6 Å². The van der Waals surface area contributed by atoms with E-state index in [-0.39, 0.29) is 6.10 Å². The predicted molar refractivity (Wildman–Crippen MR) is 47.2 cm³/mol. The van der Waals surface area contributed by atoms with Crippen LogP contribution >= 0.6 is 0 Å². The molecule has 0 aromatic carbocycles. The minimum Gasteiger partial charge on any atom is -0.393 e. The van der Waals surface area contributed by atoms with E-state index in [2.05, 4.69) is 6.42 Å². The van der Waals surface area contributed by atoms with Crippen molar-refractivity contribution in [2.24, 2.45) is 5.92 Å². The summed E-state index contributed by atoms with van der Waals surface area (Å²) in [7, 11) is 0. The van der Waals surface area contributed by atoms with Crippen LogP contribution in [-0.2, 0) is 0 Å². The van der Waals surface area contributed by atoms with Gasteiger partial charge in [0.05, 0.1) is 6.10 Å². The molecule has 0 saturated heterocycles. The van der Waals surface area contributed by atoms with Gasteiger partial charge in [0.15, 0.2) is 0 Å². The standard InChI is InChI=1S/C10H19O/c1-9(11)7-8-10-5-3-2-4-6-10/h3,9-11H,2,4-8H2,1H3. The fourth-order valence-corrected chi connectivity index (χ4v) is 1.76. The van der Waals surface area contributed by atoms with Gasteiger partial charge in [-0.2, -0.15) is 0 Å². The lowest BCUT2D eigenvalue weighted by Gasteiger charge is -2.21. The van der Waals surface area contributed by atoms with Crippen molar-refractivity contribution in [3.8, 4) is 0 Å². The van der Waals surface area contributed by atoms with E-state index >= 15 is 0 Å². The van der Waals surface area contributed by atoms with Crippen molar-refractivity contribution in [2.75, 3.05) is 0 Å². The van der Waals surface area contributed by atoms with Crippen LogP contribution in [0.25, 0.3) is 0 Å². The van der Waals surface area contributed by atoms with Crippen molar-refractivity contribution in [1.29, 1.82) is 0 Å². The molecule has 1 aliphatic rings. The first-order valence-electron chi connectivity index (χ1n) is 4.79. The summed E-state index contributed by atoms with van der Waals surface area (Å²) in [6.45, 7) is 1.88. The molecule has 1 N–H and O–H groups in total. The molecule has 1 fully saturated rings. The second kappa shape index (κ2) is 4.76. The predicted octanol–water partition coefficient (Wildman–Crippen LogP) is 2.54. The molecule has 2 atom stereocenters. The summed E-state index contributed by atoms with van der Waals surface area (Å²) in [5.74, 6) is 0.873. The summed E-state index contributed by atoms with van der Waals surface area (Å²) < 4.78 is 0. The van der Waals surface area contributed by atoms with Crippen LogP contribution in [0.4, 0.5) is 0 Å². The second-order valence-corrected chi connectivity index (χ2v) is 3.75. The first-order chi connectivity index (χ1) is 5.29. The van der Waals surface area contributed by atoms with Crippen molar-refractivity contribution in [1.82, 2.24) is 0 Å². The third-order valence-corrected chi connectivity index (χ3v) is 2.51. The Hall–Kier alpha value is -0.0400. The van der Waals surface area contributed by atoms with Crippen LogP contribution in [0.5, 0.6) is 0 Å². The van der Waals surface area contributed by atoms with E-state index in [4.69, 9.17) is 5.11 Å². The van der Waals surface area contributed by atoms with Crippen molar-refractivity contribution < 1.29 is 5.11 Å². The molecule has 0 bridgehead atoms. The molecule has 0 aromatic heterocycles. The van der Waals surface area contributed by atoms with E-state index in [1.165, 1.54) is 32.1 Å². The van der Waals surface area contributed by atoms with Gasteiger partial charge in [-0.3, -0.25) is 0 Å². The normalized spacial score (nSPS) is 23.5. The van der Waals surface area contributed by atoms with Gasteiger partial charge in [-0.25, -0.2) is 0 Å². The molecule has 1 heteroatoms. The van der Waals surface area contributed by atoms with Gasteiger partial charge in [0, 0.05) is 0 Å².